The Hall–Kier alpha value is -0.810. The lowest BCUT2D eigenvalue weighted by Gasteiger charge is -2.34. The lowest BCUT2D eigenvalue weighted by Crippen LogP contribution is -2.44. The third kappa shape index (κ3) is 2.85. The van der Waals surface area contributed by atoms with Gasteiger partial charge in [0.25, 0.3) is 0 Å². The molecule has 1 rings (SSSR count). The molecule has 0 spiro atoms. The topological polar surface area (TPSA) is 64.8 Å². The SMILES string of the molecule is COC(=O)N1CCCCC1CCON. The van der Waals surface area contributed by atoms with Crippen LogP contribution in [0.5, 0.6) is 0 Å². The maximum atomic E-state index is 11.4. The molecule has 2 N–H and O–H groups in total. The number of carbonyl (C=O) groups is 1. The second-order valence-corrected chi connectivity index (χ2v) is 3.47. The van der Waals surface area contributed by atoms with Crippen molar-refractivity contribution < 1.29 is 14.4 Å². The van der Waals surface area contributed by atoms with Crippen molar-refractivity contribution in [3.05, 3.63) is 0 Å². The van der Waals surface area contributed by atoms with Crippen LogP contribution in [0.25, 0.3) is 0 Å². The van der Waals surface area contributed by atoms with Crippen LogP contribution in [0.1, 0.15) is 25.7 Å². The Morgan fingerprint density at radius 2 is 2.36 bits per heavy atom. The number of rotatable bonds is 3. The van der Waals surface area contributed by atoms with E-state index in [2.05, 4.69) is 4.84 Å². The second kappa shape index (κ2) is 5.82. The van der Waals surface area contributed by atoms with Gasteiger partial charge >= 0.3 is 6.09 Å². The second-order valence-electron chi connectivity index (χ2n) is 3.47. The minimum atomic E-state index is -0.244. The molecule has 1 fully saturated rings. The van der Waals surface area contributed by atoms with Crippen molar-refractivity contribution in [3.8, 4) is 0 Å². The number of likely N-dealkylation sites (tertiary alicyclic amines) is 1. The molecular formula is C9H18N2O3. The third-order valence-electron chi connectivity index (χ3n) is 2.61. The molecule has 5 nitrogen and oxygen atoms in total. The Kier molecular flexibility index (Phi) is 4.69. The van der Waals surface area contributed by atoms with Crippen LogP contribution in [0.2, 0.25) is 0 Å². The molecule has 0 bridgehead atoms. The van der Waals surface area contributed by atoms with Crippen molar-refractivity contribution in [3.63, 3.8) is 0 Å². The lowest BCUT2D eigenvalue weighted by molar-refractivity contribution is 0.0653. The number of nitrogens with zero attached hydrogens (tertiary/aromatic N) is 1. The van der Waals surface area contributed by atoms with Crippen LogP contribution in [-0.2, 0) is 9.57 Å². The summed E-state index contributed by atoms with van der Waals surface area (Å²) in [6, 6.07) is 0.222. The van der Waals surface area contributed by atoms with E-state index in [-0.39, 0.29) is 12.1 Å². The predicted molar refractivity (Wildman–Crippen MR) is 51.5 cm³/mol. The van der Waals surface area contributed by atoms with Gasteiger partial charge in [-0.15, -0.1) is 0 Å². The molecule has 5 heteroatoms. The van der Waals surface area contributed by atoms with E-state index in [1.54, 1.807) is 4.90 Å². The minimum absolute atomic E-state index is 0.222. The zero-order valence-corrected chi connectivity index (χ0v) is 8.57. The Balaban J connectivity index is 2.45. The molecule has 1 aliphatic rings. The zero-order chi connectivity index (χ0) is 10.4. The highest BCUT2D eigenvalue weighted by atomic mass is 16.6. The van der Waals surface area contributed by atoms with Crippen molar-refractivity contribution in [2.45, 2.75) is 31.7 Å². The molecule has 1 heterocycles. The predicted octanol–water partition coefficient (Wildman–Crippen LogP) is 0.888. The van der Waals surface area contributed by atoms with Crippen LogP contribution in [0.3, 0.4) is 0 Å². The first-order chi connectivity index (χ1) is 6.79. The van der Waals surface area contributed by atoms with E-state index >= 15 is 0 Å². The van der Waals surface area contributed by atoms with Gasteiger partial charge in [-0.25, -0.2) is 10.7 Å². The number of piperidine rings is 1. The van der Waals surface area contributed by atoms with E-state index < -0.39 is 0 Å². The van der Waals surface area contributed by atoms with Crippen molar-refractivity contribution in [1.29, 1.82) is 0 Å². The van der Waals surface area contributed by atoms with Gasteiger partial charge in [0, 0.05) is 12.6 Å². The Morgan fingerprint density at radius 3 is 3.00 bits per heavy atom. The minimum Gasteiger partial charge on any atom is -0.453 e. The first-order valence-corrected chi connectivity index (χ1v) is 4.96. The normalized spacial score (nSPS) is 22.1. The highest BCUT2D eigenvalue weighted by Gasteiger charge is 2.26. The van der Waals surface area contributed by atoms with E-state index in [0.717, 1.165) is 32.2 Å². The van der Waals surface area contributed by atoms with E-state index in [4.69, 9.17) is 10.6 Å². The summed E-state index contributed by atoms with van der Waals surface area (Å²) in [6.45, 7) is 1.26. The van der Waals surface area contributed by atoms with E-state index in [9.17, 15) is 4.79 Å². The van der Waals surface area contributed by atoms with E-state index in [0.29, 0.717) is 6.61 Å². The van der Waals surface area contributed by atoms with Gasteiger partial charge in [0.15, 0.2) is 0 Å². The molecule has 14 heavy (non-hydrogen) atoms. The number of nitrogens with two attached hydrogens (primary N) is 1. The van der Waals surface area contributed by atoms with Crippen LogP contribution in [0, 0.1) is 0 Å². The van der Waals surface area contributed by atoms with Crippen molar-refractivity contribution in [1.82, 2.24) is 4.90 Å². The molecule has 1 amide bonds. The molecule has 0 aromatic rings. The summed E-state index contributed by atoms with van der Waals surface area (Å²) >= 11 is 0. The lowest BCUT2D eigenvalue weighted by atomic mass is 10.0. The number of amides is 1. The summed E-state index contributed by atoms with van der Waals surface area (Å²) in [5.41, 5.74) is 0. The van der Waals surface area contributed by atoms with Crippen molar-refractivity contribution in [2.24, 2.45) is 5.90 Å². The molecule has 0 aliphatic carbocycles. The fourth-order valence-corrected chi connectivity index (χ4v) is 1.86. The van der Waals surface area contributed by atoms with Gasteiger partial charge in [0.2, 0.25) is 0 Å². The van der Waals surface area contributed by atoms with Crippen LogP contribution in [0.15, 0.2) is 0 Å². The Labute approximate surface area is 84.1 Å². The number of hydrogen-bond donors (Lipinski definition) is 1. The van der Waals surface area contributed by atoms with Crippen LogP contribution in [0.4, 0.5) is 4.79 Å². The van der Waals surface area contributed by atoms with Gasteiger partial charge < -0.3 is 14.5 Å². The molecule has 82 valence electrons. The van der Waals surface area contributed by atoms with Gasteiger partial charge in [0.05, 0.1) is 13.7 Å². The maximum absolute atomic E-state index is 11.4. The summed E-state index contributed by atoms with van der Waals surface area (Å²) in [4.78, 5) is 17.7. The number of carbonyl (C=O) groups excluding carboxylic acids is 1. The molecule has 1 unspecified atom stereocenters. The van der Waals surface area contributed by atoms with Crippen molar-refractivity contribution >= 4 is 6.09 Å². The van der Waals surface area contributed by atoms with Gasteiger partial charge in [-0.1, -0.05) is 0 Å². The maximum Gasteiger partial charge on any atom is 0.409 e. The largest absolute Gasteiger partial charge is 0.453 e. The smallest absolute Gasteiger partial charge is 0.409 e. The summed E-state index contributed by atoms with van der Waals surface area (Å²) in [5, 5.41) is 0. The van der Waals surface area contributed by atoms with Gasteiger partial charge in [-0.2, -0.15) is 0 Å². The highest BCUT2D eigenvalue weighted by molar-refractivity contribution is 5.67. The van der Waals surface area contributed by atoms with Crippen LogP contribution in [-0.4, -0.2) is 37.3 Å². The fourth-order valence-electron chi connectivity index (χ4n) is 1.86. The summed E-state index contributed by atoms with van der Waals surface area (Å²) in [6.07, 6.45) is 3.76. The first kappa shape index (κ1) is 11.3. The van der Waals surface area contributed by atoms with Crippen LogP contribution < -0.4 is 5.90 Å². The Morgan fingerprint density at radius 1 is 1.57 bits per heavy atom. The zero-order valence-electron chi connectivity index (χ0n) is 8.57. The monoisotopic (exact) mass is 202 g/mol. The number of hydrogen-bond acceptors (Lipinski definition) is 4. The van der Waals surface area contributed by atoms with Gasteiger partial charge in [-0.05, 0) is 25.7 Å². The summed E-state index contributed by atoms with van der Waals surface area (Å²) in [5.74, 6) is 4.97. The number of methoxy groups -OCH3 is 1. The molecule has 0 aromatic heterocycles. The van der Waals surface area contributed by atoms with Crippen LogP contribution >= 0.6 is 0 Å². The average Bonchev–Trinajstić information content (AvgIpc) is 2.25. The molecule has 1 atom stereocenters. The third-order valence-corrected chi connectivity index (χ3v) is 2.61. The standard InChI is InChI=1S/C9H18N2O3/c1-13-9(12)11-6-3-2-4-8(11)5-7-14-10/h8H,2-7,10H2,1H3. The first-order valence-electron chi connectivity index (χ1n) is 4.96. The summed E-state index contributed by atoms with van der Waals surface area (Å²) < 4.78 is 4.71. The average molecular weight is 202 g/mol. The molecule has 0 radical (unpaired) electrons. The summed E-state index contributed by atoms with van der Waals surface area (Å²) in [7, 11) is 1.41. The quantitative estimate of drug-likeness (QED) is 0.690. The van der Waals surface area contributed by atoms with E-state index in [1.165, 1.54) is 7.11 Å². The molecule has 1 aliphatic heterocycles. The van der Waals surface area contributed by atoms with Crippen molar-refractivity contribution in [2.75, 3.05) is 20.3 Å². The van der Waals surface area contributed by atoms with E-state index in [1.807, 2.05) is 0 Å². The van der Waals surface area contributed by atoms with Gasteiger partial charge in [0.1, 0.15) is 0 Å². The molecule has 0 saturated carbocycles. The highest BCUT2D eigenvalue weighted by Crippen LogP contribution is 2.20. The fraction of sp³-hybridized carbons (Fsp3) is 0.889. The molecule has 0 aromatic carbocycles. The van der Waals surface area contributed by atoms with Gasteiger partial charge in [-0.3, -0.25) is 0 Å². The number of ether oxygens (including phenoxy) is 1. The molecule has 1 saturated heterocycles. The Bertz CT molecular complexity index is 187. The molecular weight excluding hydrogens is 184 g/mol.